The molecule has 3 aliphatic heterocycles. The molecule has 8 rings (SSSR count). The number of phenolic OH excluding ortho intramolecular Hbond substituents is 1. The largest absolute Gasteiger partial charge is 0.508 e. The smallest absolute Gasteiger partial charge is 0.327 e. The molecule has 4 fully saturated rings. The van der Waals surface area contributed by atoms with E-state index >= 15 is 0 Å². The maximum absolute atomic E-state index is 14.2. The van der Waals surface area contributed by atoms with Gasteiger partial charge in [0.25, 0.3) is 0 Å². The molecule has 1 aliphatic carbocycles. The molecule has 4 aromatic rings. The second-order valence-electron chi connectivity index (χ2n) is 13.2. The molecule has 3 N–H and O–H groups in total. The summed E-state index contributed by atoms with van der Waals surface area (Å²) in [4.78, 5) is 34.9. The van der Waals surface area contributed by atoms with Crippen molar-refractivity contribution >= 4 is 18.0 Å². The Kier molecular flexibility index (Phi) is 8.50. The highest BCUT2D eigenvalue weighted by Crippen LogP contribution is 2.59. The summed E-state index contributed by atoms with van der Waals surface area (Å²) in [5.74, 6) is -2.06. The number of aliphatic hydroxyl groups is 1. The number of hydroxylamine groups is 2. The highest BCUT2D eigenvalue weighted by molar-refractivity contribution is 5.93. The van der Waals surface area contributed by atoms with Gasteiger partial charge in [-0.25, -0.2) is 0 Å². The van der Waals surface area contributed by atoms with Crippen molar-refractivity contribution in [3.8, 4) is 5.75 Å². The monoisotopic (exact) mass is 674 g/mol. The summed E-state index contributed by atoms with van der Waals surface area (Å²) >= 11 is 0. The Morgan fingerprint density at radius 2 is 1.60 bits per heavy atom. The molecule has 0 aromatic heterocycles. The number of aromatic hydroxyl groups is 1. The lowest BCUT2D eigenvalue weighted by molar-refractivity contribution is -0.213. The molecule has 10 nitrogen and oxygen atoms in total. The van der Waals surface area contributed by atoms with Gasteiger partial charge in [-0.15, -0.1) is 0 Å². The number of nitrogens with one attached hydrogen (secondary N) is 1. The first-order valence-electron chi connectivity index (χ1n) is 16.9. The summed E-state index contributed by atoms with van der Waals surface area (Å²) in [6, 6.07) is 33.2. The minimum atomic E-state index is -1.36. The van der Waals surface area contributed by atoms with Gasteiger partial charge in [0.05, 0.1) is 13.2 Å². The fourth-order valence-corrected chi connectivity index (χ4v) is 8.00. The number of benzene rings is 4. The minimum Gasteiger partial charge on any atom is -0.508 e. The second-order valence-corrected chi connectivity index (χ2v) is 13.2. The van der Waals surface area contributed by atoms with E-state index in [0.717, 1.165) is 27.8 Å². The number of rotatable bonds is 10. The van der Waals surface area contributed by atoms with Crippen LogP contribution >= 0.6 is 0 Å². The van der Waals surface area contributed by atoms with E-state index in [1.807, 2.05) is 109 Å². The molecule has 4 aliphatic rings. The predicted molar refractivity (Wildman–Crippen MR) is 182 cm³/mol. The molecule has 0 spiro atoms. The van der Waals surface area contributed by atoms with E-state index in [1.54, 1.807) is 17.2 Å². The summed E-state index contributed by atoms with van der Waals surface area (Å²) in [5, 5.41) is 24.1. The van der Waals surface area contributed by atoms with Crippen molar-refractivity contribution in [2.45, 2.75) is 55.6 Å². The molecular formula is C40H38N2O8. The summed E-state index contributed by atoms with van der Waals surface area (Å²) in [6.07, 6.45) is 1.53. The average Bonchev–Trinajstić information content (AvgIpc) is 3.72. The number of para-hydroxylation sites is 1. The first kappa shape index (κ1) is 32.4. The number of aliphatic hydroxyl groups excluding tert-OH is 1. The highest BCUT2D eigenvalue weighted by atomic mass is 16.8. The number of ether oxygens (including phenoxy) is 3. The van der Waals surface area contributed by atoms with Gasteiger partial charge in [-0.1, -0.05) is 115 Å². The Morgan fingerprint density at radius 1 is 0.900 bits per heavy atom. The number of phenols is 1. The Morgan fingerprint density at radius 3 is 2.32 bits per heavy atom. The van der Waals surface area contributed by atoms with Gasteiger partial charge in [0.2, 0.25) is 11.7 Å². The number of fused-ring (bicyclic) bond motifs is 4. The third-order valence-electron chi connectivity index (χ3n) is 10.2. The average molecular weight is 675 g/mol. The molecule has 256 valence electrons. The normalized spacial score (nSPS) is 27.9. The fourth-order valence-electron chi connectivity index (χ4n) is 8.00. The summed E-state index contributed by atoms with van der Waals surface area (Å²) < 4.78 is 20.0. The maximum atomic E-state index is 14.2. The van der Waals surface area contributed by atoms with Crippen LogP contribution in [-0.4, -0.2) is 70.8 Å². The Labute approximate surface area is 289 Å². The second kappa shape index (κ2) is 13.1. The third-order valence-corrected chi connectivity index (χ3v) is 10.2. The zero-order valence-corrected chi connectivity index (χ0v) is 27.3. The van der Waals surface area contributed by atoms with E-state index in [-0.39, 0.29) is 31.9 Å². The molecule has 6 atom stereocenters. The van der Waals surface area contributed by atoms with Gasteiger partial charge in [-0.2, -0.15) is 5.06 Å². The van der Waals surface area contributed by atoms with Crippen LogP contribution < -0.4 is 5.32 Å². The molecule has 2 bridgehead atoms. The van der Waals surface area contributed by atoms with Gasteiger partial charge in [-0.05, 0) is 29.2 Å². The number of amides is 1. The lowest BCUT2D eigenvalue weighted by Crippen LogP contribution is -2.69. The molecule has 6 unspecified atom stereocenters. The van der Waals surface area contributed by atoms with Crippen molar-refractivity contribution in [2.24, 2.45) is 5.41 Å². The lowest BCUT2D eigenvalue weighted by atomic mass is 9.62. The summed E-state index contributed by atoms with van der Waals surface area (Å²) in [6.45, 7) is -0.0350. The van der Waals surface area contributed by atoms with Crippen LogP contribution in [0.25, 0.3) is 6.08 Å². The Bertz CT molecular complexity index is 1860. The van der Waals surface area contributed by atoms with Gasteiger partial charge in [0.1, 0.15) is 35.6 Å². The molecule has 3 saturated heterocycles. The van der Waals surface area contributed by atoms with Crippen molar-refractivity contribution in [3.63, 3.8) is 0 Å². The van der Waals surface area contributed by atoms with Crippen LogP contribution in [0.2, 0.25) is 0 Å². The van der Waals surface area contributed by atoms with Gasteiger partial charge in [-0.3, -0.25) is 14.4 Å². The molecule has 0 radical (unpaired) electrons. The van der Waals surface area contributed by atoms with E-state index in [4.69, 9.17) is 19.0 Å². The zero-order chi connectivity index (χ0) is 34.3. The molecule has 4 aromatic carbocycles. The summed E-state index contributed by atoms with van der Waals surface area (Å²) in [7, 11) is 0. The Balaban J connectivity index is 1.13. The van der Waals surface area contributed by atoms with Crippen molar-refractivity contribution in [1.29, 1.82) is 0 Å². The number of nitrogens with zero attached hydrogens (tertiary/aromatic N) is 1. The number of hydrogen-bond acceptors (Lipinski definition) is 9. The van der Waals surface area contributed by atoms with Gasteiger partial charge in [0, 0.05) is 24.1 Å². The van der Waals surface area contributed by atoms with E-state index in [0.29, 0.717) is 6.42 Å². The quantitative estimate of drug-likeness (QED) is 0.212. The third kappa shape index (κ3) is 5.40. The standard InChI is InChI=1S/C40H38N2O8/c43-22-21-41-38(46)39-24-32-33-34(49-40(48-33,29-16-3-1-4-17-29)30-18-5-2-6-19-30)36(39)50-42(35(39)37(45)47-32)25-27-13-9-11-26(23-27)12-10-15-28-14-7-8-20-31(28)44/h1-14,16-20,23,32-36,43-44H,15,21-22,24-25H2,(H,41,46). The molecule has 10 heteroatoms. The molecule has 1 saturated carbocycles. The van der Waals surface area contributed by atoms with E-state index in [1.165, 1.54) is 0 Å². The van der Waals surface area contributed by atoms with Crippen molar-refractivity contribution in [1.82, 2.24) is 10.4 Å². The number of carbonyl (C=O) groups is 2. The van der Waals surface area contributed by atoms with Crippen LogP contribution in [0.4, 0.5) is 0 Å². The van der Waals surface area contributed by atoms with E-state index in [2.05, 4.69) is 5.32 Å². The number of esters is 1. The topological polar surface area (TPSA) is 127 Å². The van der Waals surface area contributed by atoms with Crippen molar-refractivity contribution < 1.29 is 38.9 Å². The van der Waals surface area contributed by atoms with E-state index < -0.39 is 53.5 Å². The molecule has 3 heterocycles. The van der Waals surface area contributed by atoms with E-state index in [9.17, 15) is 19.8 Å². The van der Waals surface area contributed by atoms with Gasteiger partial charge in [0.15, 0.2) is 6.04 Å². The molecular weight excluding hydrogens is 636 g/mol. The van der Waals surface area contributed by atoms with Crippen LogP contribution in [0.3, 0.4) is 0 Å². The Hall–Kier alpha value is -4.84. The predicted octanol–water partition coefficient (Wildman–Crippen LogP) is 4.24. The minimum absolute atomic E-state index is 0.0261. The van der Waals surface area contributed by atoms with Crippen molar-refractivity contribution in [2.75, 3.05) is 13.2 Å². The van der Waals surface area contributed by atoms with Crippen LogP contribution in [0.5, 0.6) is 5.75 Å². The maximum Gasteiger partial charge on any atom is 0.327 e. The molecule has 1 amide bonds. The van der Waals surface area contributed by atoms with Crippen LogP contribution in [0.1, 0.15) is 34.2 Å². The first-order chi connectivity index (χ1) is 24.4. The SMILES string of the molecule is O=C1OC2CC3(C(=O)NCCO)C(ON(Cc4cccc(C=CCc5ccccc5O)c4)C13)C1OC(c3ccccc3)(c3ccccc3)OC21. The fraction of sp³-hybridized carbons (Fsp3) is 0.300. The number of allylic oxidation sites excluding steroid dienone is 1. The van der Waals surface area contributed by atoms with Crippen molar-refractivity contribution in [3.05, 3.63) is 143 Å². The van der Waals surface area contributed by atoms with Gasteiger partial charge < -0.3 is 29.7 Å². The zero-order valence-electron chi connectivity index (χ0n) is 27.3. The van der Waals surface area contributed by atoms with Crippen LogP contribution in [-0.2, 0) is 47.4 Å². The summed E-state index contributed by atoms with van der Waals surface area (Å²) in [5.41, 5.74) is 2.78. The van der Waals surface area contributed by atoms with Crippen LogP contribution in [0, 0.1) is 5.41 Å². The van der Waals surface area contributed by atoms with Crippen LogP contribution in [0.15, 0.2) is 115 Å². The first-order valence-corrected chi connectivity index (χ1v) is 16.9. The molecule has 50 heavy (non-hydrogen) atoms. The highest BCUT2D eigenvalue weighted by Gasteiger charge is 2.76. The lowest BCUT2D eigenvalue weighted by Gasteiger charge is -2.48. The number of hydrogen-bond donors (Lipinski definition) is 3. The van der Waals surface area contributed by atoms with Gasteiger partial charge >= 0.3 is 5.97 Å². The number of carbonyl (C=O) groups excluding carboxylic acids is 2.